The summed E-state index contributed by atoms with van der Waals surface area (Å²) in [5, 5.41) is 5.84. The van der Waals surface area contributed by atoms with Gasteiger partial charge in [-0.15, -0.1) is 11.3 Å². The van der Waals surface area contributed by atoms with Crippen molar-refractivity contribution in [3.8, 4) is 0 Å². The molecular formula is C10H15N3OS. The first-order valence-corrected chi connectivity index (χ1v) is 5.96. The molecule has 4 nitrogen and oxygen atoms in total. The zero-order valence-corrected chi connectivity index (χ0v) is 9.51. The highest BCUT2D eigenvalue weighted by atomic mass is 32.1. The van der Waals surface area contributed by atoms with E-state index >= 15 is 0 Å². The zero-order chi connectivity index (χ0) is 10.9. The number of nitrogens with one attached hydrogen (secondary N) is 1. The molecular weight excluding hydrogens is 210 g/mol. The van der Waals surface area contributed by atoms with Gasteiger partial charge in [0.1, 0.15) is 10.5 Å². The molecule has 1 aromatic rings. The van der Waals surface area contributed by atoms with Gasteiger partial charge in [-0.1, -0.05) is 0 Å². The highest BCUT2D eigenvalue weighted by Gasteiger charge is 2.37. The molecule has 0 bridgehead atoms. The average Bonchev–Trinajstić information content (AvgIpc) is 2.86. The van der Waals surface area contributed by atoms with Crippen molar-refractivity contribution in [2.24, 2.45) is 11.7 Å². The Morgan fingerprint density at radius 2 is 2.53 bits per heavy atom. The van der Waals surface area contributed by atoms with Gasteiger partial charge in [-0.25, -0.2) is 4.98 Å². The summed E-state index contributed by atoms with van der Waals surface area (Å²) < 4.78 is 0. The lowest BCUT2D eigenvalue weighted by Crippen LogP contribution is -2.51. The Kier molecular flexibility index (Phi) is 2.75. The van der Waals surface area contributed by atoms with Gasteiger partial charge in [-0.2, -0.15) is 0 Å². The molecule has 2 rings (SSSR count). The first-order chi connectivity index (χ1) is 7.13. The molecule has 82 valence electrons. The number of carbonyl (C=O) groups excluding carboxylic acids is 1. The third-order valence-corrected chi connectivity index (χ3v) is 3.79. The number of carbonyl (C=O) groups is 1. The van der Waals surface area contributed by atoms with Crippen molar-refractivity contribution in [3.63, 3.8) is 0 Å². The number of amides is 1. The van der Waals surface area contributed by atoms with Gasteiger partial charge in [0.15, 0.2) is 0 Å². The Bertz CT molecular complexity index is 348. The summed E-state index contributed by atoms with van der Waals surface area (Å²) in [6.45, 7) is 2.65. The lowest BCUT2D eigenvalue weighted by molar-refractivity contribution is -0.124. The molecule has 1 fully saturated rings. The standard InChI is InChI=1S/C10H15N3OS/c1-10(8(11)14,9-12-4-5-15-9)13-6-7-2-3-7/h4-5,7,13H,2-3,6H2,1H3,(H2,11,14). The summed E-state index contributed by atoms with van der Waals surface area (Å²) in [5.74, 6) is 0.349. The van der Waals surface area contributed by atoms with Gasteiger partial charge in [0.25, 0.3) is 0 Å². The molecule has 1 atom stereocenters. The molecule has 1 heterocycles. The molecule has 1 aliphatic rings. The van der Waals surface area contributed by atoms with Crippen LogP contribution in [0.1, 0.15) is 24.8 Å². The minimum atomic E-state index is -0.809. The maximum absolute atomic E-state index is 11.5. The SMILES string of the molecule is CC(NCC1CC1)(C(N)=O)c1nccs1. The fourth-order valence-corrected chi connectivity index (χ4v) is 2.19. The van der Waals surface area contributed by atoms with Gasteiger partial charge >= 0.3 is 0 Å². The Morgan fingerprint density at radius 3 is 3.00 bits per heavy atom. The average molecular weight is 225 g/mol. The smallest absolute Gasteiger partial charge is 0.244 e. The van der Waals surface area contributed by atoms with Gasteiger partial charge < -0.3 is 5.73 Å². The van der Waals surface area contributed by atoms with Crippen LogP contribution in [0, 0.1) is 5.92 Å². The van der Waals surface area contributed by atoms with E-state index in [0.29, 0.717) is 5.92 Å². The highest BCUT2D eigenvalue weighted by molar-refractivity contribution is 7.09. The second kappa shape index (κ2) is 3.90. The van der Waals surface area contributed by atoms with Crippen LogP contribution >= 0.6 is 11.3 Å². The fraction of sp³-hybridized carbons (Fsp3) is 0.600. The predicted molar refractivity (Wildman–Crippen MR) is 59.4 cm³/mol. The number of nitrogens with two attached hydrogens (primary N) is 1. The number of aromatic nitrogens is 1. The molecule has 0 aliphatic heterocycles. The topological polar surface area (TPSA) is 68.0 Å². The summed E-state index contributed by atoms with van der Waals surface area (Å²) in [6.07, 6.45) is 4.19. The van der Waals surface area contributed by atoms with Crippen LogP contribution in [0.2, 0.25) is 0 Å². The largest absolute Gasteiger partial charge is 0.368 e. The van der Waals surface area contributed by atoms with Gasteiger partial charge in [0, 0.05) is 11.6 Å². The molecule has 1 aromatic heterocycles. The maximum Gasteiger partial charge on any atom is 0.244 e. The molecule has 1 unspecified atom stereocenters. The summed E-state index contributed by atoms with van der Waals surface area (Å²) in [4.78, 5) is 15.6. The Labute approximate surface area is 92.9 Å². The molecule has 0 aromatic carbocycles. The Hall–Kier alpha value is -0.940. The molecule has 15 heavy (non-hydrogen) atoms. The Morgan fingerprint density at radius 1 is 1.80 bits per heavy atom. The van der Waals surface area contributed by atoms with E-state index in [2.05, 4.69) is 10.3 Å². The molecule has 0 spiro atoms. The summed E-state index contributed by atoms with van der Waals surface area (Å²) in [6, 6.07) is 0. The van der Waals surface area contributed by atoms with Crippen LogP contribution in [0.3, 0.4) is 0 Å². The lowest BCUT2D eigenvalue weighted by atomic mass is 10.0. The van der Waals surface area contributed by atoms with Crippen LogP contribution in [-0.4, -0.2) is 17.4 Å². The quantitative estimate of drug-likeness (QED) is 0.780. The van der Waals surface area contributed by atoms with Gasteiger partial charge in [-0.05, 0) is 32.2 Å². The lowest BCUT2D eigenvalue weighted by Gasteiger charge is -2.25. The van der Waals surface area contributed by atoms with Crippen LogP contribution in [0.15, 0.2) is 11.6 Å². The van der Waals surface area contributed by atoms with E-state index in [0.717, 1.165) is 11.6 Å². The first-order valence-electron chi connectivity index (χ1n) is 5.08. The molecule has 1 amide bonds. The van der Waals surface area contributed by atoms with E-state index in [1.54, 1.807) is 13.1 Å². The maximum atomic E-state index is 11.5. The van der Waals surface area contributed by atoms with Crippen LogP contribution in [-0.2, 0) is 10.3 Å². The van der Waals surface area contributed by atoms with Crippen LogP contribution in [0.4, 0.5) is 0 Å². The Balaban J connectivity index is 2.11. The number of primary amides is 1. The molecule has 0 radical (unpaired) electrons. The second-order valence-electron chi connectivity index (χ2n) is 4.15. The number of hydrogen-bond donors (Lipinski definition) is 2. The van der Waals surface area contributed by atoms with Crippen molar-refractivity contribution in [2.75, 3.05) is 6.54 Å². The van der Waals surface area contributed by atoms with Crippen molar-refractivity contribution in [2.45, 2.75) is 25.3 Å². The van der Waals surface area contributed by atoms with Gasteiger partial charge in [0.05, 0.1) is 0 Å². The van der Waals surface area contributed by atoms with Crippen LogP contribution in [0.5, 0.6) is 0 Å². The van der Waals surface area contributed by atoms with E-state index in [1.165, 1.54) is 24.2 Å². The second-order valence-corrected chi connectivity index (χ2v) is 5.05. The van der Waals surface area contributed by atoms with E-state index in [9.17, 15) is 4.79 Å². The van der Waals surface area contributed by atoms with Gasteiger partial charge in [-0.3, -0.25) is 10.1 Å². The van der Waals surface area contributed by atoms with Crippen molar-refractivity contribution in [1.82, 2.24) is 10.3 Å². The molecule has 1 saturated carbocycles. The first kappa shape index (κ1) is 10.6. The van der Waals surface area contributed by atoms with Crippen molar-refractivity contribution < 1.29 is 4.79 Å². The number of rotatable bonds is 5. The van der Waals surface area contributed by atoms with Crippen molar-refractivity contribution in [1.29, 1.82) is 0 Å². The van der Waals surface area contributed by atoms with E-state index < -0.39 is 5.54 Å². The third-order valence-electron chi connectivity index (χ3n) is 2.79. The van der Waals surface area contributed by atoms with Crippen molar-refractivity contribution >= 4 is 17.2 Å². The fourth-order valence-electron chi connectivity index (χ4n) is 1.41. The monoisotopic (exact) mass is 225 g/mol. The minimum absolute atomic E-state index is 0.363. The van der Waals surface area contributed by atoms with E-state index in [1.807, 2.05) is 5.38 Å². The van der Waals surface area contributed by atoms with Gasteiger partial charge in [0.2, 0.25) is 5.91 Å². The minimum Gasteiger partial charge on any atom is -0.368 e. The number of thiazole rings is 1. The van der Waals surface area contributed by atoms with E-state index in [-0.39, 0.29) is 5.91 Å². The number of nitrogens with zero attached hydrogens (tertiary/aromatic N) is 1. The predicted octanol–water partition coefficient (Wildman–Crippen LogP) is 0.843. The van der Waals surface area contributed by atoms with Crippen LogP contribution < -0.4 is 11.1 Å². The molecule has 0 saturated heterocycles. The molecule has 5 heteroatoms. The summed E-state index contributed by atoms with van der Waals surface area (Å²) >= 11 is 1.46. The normalized spacial score (nSPS) is 19.8. The van der Waals surface area contributed by atoms with Crippen molar-refractivity contribution in [3.05, 3.63) is 16.6 Å². The summed E-state index contributed by atoms with van der Waals surface area (Å²) in [5.41, 5.74) is 4.63. The highest BCUT2D eigenvalue weighted by Crippen LogP contribution is 2.30. The molecule has 3 N–H and O–H groups in total. The zero-order valence-electron chi connectivity index (χ0n) is 8.69. The van der Waals surface area contributed by atoms with Crippen LogP contribution in [0.25, 0.3) is 0 Å². The van der Waals surface area contributed by atoms with E-state index in [4.69, 9.17) is 5.73 Å². The number of hydrogen-bond acceptors (Lipinski definition) is 4. The summed E-state index contributed by atoms with van der Waals surface area (Å²) in [7, 11) is 0. The molecule has 1 aliphatic carbocycles. The third kappa shape index (κ3) is 2.18.